The molecule has 16 heavy (non-hydrogen) atoms. The van der Waals surface area contributed by atoms with Crippen molar-refractivity contribution in [2.75, 3.05) is 6.54 Å². The second-order valence-electron chi connectivity index (χ2n) is 5.63. The standard InChI is InChI=1S/C10H23N.C4H11N/c1-2-3-4-5-6-7-8-9-10-11;1-4(2,3)5/h2-11H2,1H3;5H2,1-3H3. The fraction of sp³-hybridized carbons (Fsp3) is 1.00. The van der Waals surface area contributed by atoms with Crippen LogP contribution in [-0.4, -0.2) is 12.1 Å². The molecule has 0 aliphatic carbocycles. The largest absolute Gasteiger partial charge is 0.330 e. The van der Waals surface area contributed by atoms with Crippen LogP contribution in [0, 0.1) is 0 Å². The van der Waals surface area contributed by atoms with Gasteiger partial charge in [0.05, 0.1) is 0 Å². The molecule has 0 rings (SSSR count). The predicted molar refractivity (Wildman–Crippen MR) is 75.6 cm³/mol. The average molecular weight is 230 g/mol. The van der Waals surface area contributed by atoms with Crippen molar-refractivity contribution in [3.8, 4) is 0 Å². The van der Waals surface area contributed by atoms with Crippen LogP contribution in [0.25, 0.3) is 0 Å². The summed E-state index contributed by atoms with van der Waals surface area (Å²) in [5, 5.41) is 0. The van der Waals surface area contributed by atoms with Gasteiger partial charge in [-0.1, -0.05) is 51.9 Å². The molecule has 0 amide bonds. The van der Waals surface area contributed by atoms with Crippen molar-refractivity contribution in [2.24, 2.45) is 11.5 Å². The Bertz CT molecular complexity index is 102. The highest BCUT2D eigenvalue weighted by Gasteiger charge is 1.95. The van der Waals surface area contributed by atoms with E-state index in [2.05, 4.69) is 6.92 Å². The van der Waals surface area contributed by atoms with Gasteiger partial charge in [-0.15, -0.1) is 0 Å². The van der Waals surface area contributed by atoms with E-state index in [1.54, 1.807) is 0 Å². The molecule has 2 nitrogen and oxygen atoms in total. The first kappa shape index (κ1) is 18.3. The van der Waals surface area contributed by atoms with E-state index in [0.29, 0.717) is 0 Å². The third kappa shape index (κ3) is 37.0. The maximum absolute atomic E-state index is 5.39. The first-order valence-electron chi connectivity index (χ1n) is 6.90. The van der Waals surface area contributed by atoms with E-state index in [9.17, 15) is 0 Å². The van der Waals surface area contributed by atoms with E-state index < -0.39 is 0 Å². The van der Waals surface area contributed by atoms with Crippen molar-refractivity contribution in [3.05, 3.63) is 0 Å². The number of hydrogen-bond acceptors (Lipinski definition) is 2. The molecule has 0 aromatic rings. The minimum atomic E-state index is 0. The van der Waals surface area contributed by atoms with E-state index in [-0.39, 0.29) is 5.54 Å². The molecule has 0 radical (unpaired) electrons. The lowest BCUT2D eigenvalue weighted by atomic mass is 10.1. The average Bonchev–Trinajstić information content (AvgIpc) is 2.14. The van der Waals surface area contributed by atoms with Crippen LogP contribution in [0.15, 0.2) is 0 Å². The van der Waals surface area contributed by atoms with Crippen LogP contribution in [0.5, 0.6) is 0 Å². The van der Waals surface area contributed by atoms with Crippen molar-refractivity contribution in [1.29, 1.82) is 0 Å². The summed E-state index contributed by atoms with van der Waals surface area (Å²) in [5.74, 6) is 0. The molecule has 0 aliphatic heterocycles. The lowest BCUT2D eigenvalue weighted by molar-refractivity contribution is 0.578. The SMILES string of the molecule is CC(C)(C)N.CCCCCCCCCCN. The Hall–Kier alpha value is -0.0800. The Kier molecular flexibility index (Phi) is 14.8. The first-order chi connectivity index (χ1) is 7.41. The normalized spacial score (nSPS) is 10.9. The highest BCUT2D eigenvalue weighted by Crippen LogP contribution is 2.07. The fourth-order valence-electron chi connectivity index (χ4n) is 1.28. The summed E-state index contributed by atoms with van der Waals surface area (Å²) in [5.41, 5.74) is 10.7. The summed E-state index contributed by atoms with van der Waals surface area (Å²) in [6.07, 6.45) is 11.0. The zero-order valence-electron chi connectivity index (χ0n) is 12.0. The number of hydrogen-bond donors (Lipinski definition) is 2. The van der Waals surface area contributed by atoms with Gasteiger partial charge in [0.1, 0.15) is 0 Å². The Labute approximate surface area is 103 Å². The van der Waals surface area contributed by atoms with Crippen LogP contribution in [0.3, 0.4) is 0 Å². The quantitative estimate of drug-likeness (QED) is 0.623. The van der Waals surface area contributed by atoms with E-state index in [1.807, 2.05) is 20.8 Å². The lowest BCUT2D eigenvalue weighted by Crippen LogP contribution is -2.26. The summed E-state index contributed by atoms with van der Waals surface area (Å²) >= 11 is 0. The zero-order chi connectivity index (χ0) is 12.9. The second kappa shape index (κ2) is 13.0. The molecule has 0 aromatic carbocycles. The molecule has 0 saturated carbocycles. The lowest BCUT2D eigenvalue weighted by Gasteiger charge is -2.06. The number of unbranched alkanes of at least 4 members (excludes halogenated alkanes) is 7. The summed E-state index contributed by atoms with van der Waals surface area (Å²) < 4.78 is 0. The van der Waals surface area contributed by atoms with Gasteiger partial charge in [-0.05, 0) is 33.7 Å². The van der Waals surface area contributed by atoms with Gasteiger partial charge in [-0.25, -0.2) is 0 Å². The molecule has 100 valence electrons. The van der Waals surface area contributed by atoms with Crippen LogP contribution in [-0.2, 0) is 0 Å². The molecule has 2 heteroatoms. The Morgan fingerprint density at radius 2 is 1.06 bits per heavy atom. The topological polar surface area (TPSA) is 52.0 Å². The van der Waals surface area contributed by atoms with Gasteiger partial charge >= 0.3 is 0 Å². The van der Waals surface area contributed by atoms with Crippen LogP contribution >= 0.6 is 0 Å². The molecule has 0 atom stereocenters. The third-order valence-corrected chi connectivity index (χ3v) is 2.06. The zero-order valence-corrected chi connectivity index (χ0v) is 12.0. The van der Waals surface area contributed by atoms with Crippen molar-refractivity contribution in [1.82, 2.24) is 0 Å². The molecule has 4 N–H and O–H groups in total. The number of rotatable bonds is 8. The van der Waals surface area contributed by atoms with E-state index in [1.165, 1.54) is 51.4 Å². The van der Waals surface area contributed by atoms with Crippen LogP contribution < -0.4 is 11.5 Å². The molecule has 0 fully saturated rings. The Balaban J connectivity index is 0. The van der Waals surface area contributed by atoms with Gasteiger partial charge in [0, 0.05) is 5.54 Å². The van der Waals surface area contributed by atoms with Gasteiger partial charge in [-0.2, -0.15) is 0 Å². The Morgan fingerprint density at radius 1 is 0.750 bits per heavy atom. The van der Waals surface area contributed by atoms with Gasteiger partial charge in [-0.3, -0.25) is 0 Å². The summed E-state index contributed by atoms with van der Waals surface area (Å²) in [4.78, 5) is 0. The van der Waals surface area contributed by atoms with Crippen molar-refractivity contribution in [2.45, 2.75) is 84.6 Å². The molecule has 0 bridgehead atoms. The van der Waals surface area contributed by atoms with Crippen LogP contribution in [0.2, 0.25) is 0 Å². The number of nitrogens with two attached hydrogens (primary N) is 2. The third-order valence-electron chi connectivity index (χ3n) is 2.06. The van der Waals surface area contributed by atoms with Gasteiger partial charge in [0.25, 0.3) is 0 Å². The van der Waals surface area contributed by atoms with Crippen LogP contribution in [0.4, 0.5) is 0 Å². The first-order valence-corrected chi connectivity index (χ1v) is 6.90. The molecule has 0 saturated heterocycles. The smallest absolute Gasteiger partial charge is 0.00686 e. The van der Waals surface area contributed by atoms with E-state index in [0.717, 1.165) is 6.54 Å². The molecular formula is C14H34N2. The van der Waals surface area contributed by atoms with Gasteiger partial charge in [0.2, 0.25) is 0 Å². The fourth-order valence-corrected chi connectivity index (χ4v) is 1.28. The minimum absolute atomic E-state index is 0. The highest BCUT2D eigenvalue weighted by atomic mass is 14.7. The maximum Gasteiger partial charge on any atom is 0.00686 e. The minimum Gasteiger partial charge on any atom is -0.330 e. The maximum atomic E-state index is 5.39. The van der Waals surface area contributed by atoms with Crippen molar-refractivity contribution < 1.29 is 0 Å². The second-order valence-corrected chi connectivity index (χ2v) is 5.63. The van der Waals surface area contributed by atoms with Crippen molar-refractivity contribution in [3.63, 3.8) is 0 Å². The van der Waals surface area contributed by atoms with Crippen LogP contribution in [0.1, 0.15) is 79.1 Å². The summed E-state index contributed by atoms with van der Waals surface area (Å²) in [6.45, 7) is 9.02. The Morgan fingerprint density at radius 3 is 1.38 bits per heavy atom. The molecule has 0 unspecified atom stereocenters. The van der Waals surface area contributed by atoms with Gasteiger partial charge in [0.15, 0.2) is 0 Å². The van der Waals surface area contributed by atoms with E-state index in [4.69, 9.17) is 11.5 Å². The van der Waals surface area contributed by atoms with E-state index >= 15 is 0 Å². The summed E-state index contributed by atoms with van der Waals surface area (Å²) in [7, 11) is 0. The summed E-state index contributed by atoms with van der Waals surface area (Å²) in [6, 6.07) is 0. The van der Waals surface area contributed by atoms with Gasteiger partial charge < -0.3 is 11.5 Å². The highest BCUT2D eigenvalue weighted by molar-refractivity contribution is 4.60. The molecule has 0 aromatic heterocycles. The monoisotopic (exact) mass is 230 g/mol. The molecule has 0 heterocycles. The molecule has 0 spiro atoms. The molecule has 0 aliphatic rings. The van der Waals surface area contributed by atoms with Crippen molar-refractivity contribution >= 4 is 0 Å². The molecular weight excluding hydrogens is 196 g/mol. The predicted octanol–water partition coefficient (Wildman–Crippen LogP) is 3.83.